The number of hydrogen-bond donors (Lipinski definition) is 4. The van der Waals surface area contributed by atoms with Gasteiger partial charge in [-0.2, -0.15) is 13.2 Å². The molecule has 56 heavy (non-hydrogen) atoms. The highest BCUT2D eigenvalue weighted by Crippen LogP contribution is 2.38. The smallest absolute Gasteiger partial charge is 0.475 e. The maximum absolute atomic E-state index is 14.4. The largest absolute Gasteiger partial charge is 0.573 e. The Bertz CT molecular complexity index is 2330. The van der Waals surface area contributed by atoms with Gasteiger partial charge in [0.2, 0.25) is 5.91 Å². The molecule has 5 aromatic rings. The van der Waals surface area contributed by atoms with E-state index in [4.69, 9.17) is 14.6 Å². The number of aromatic nitrogens is 1. The van der Waals surface area contributed by atoms with E-state index in [-0.39, 0.29) is 36.1 Å². The summed E-state index contributed by atoms with van der Waals surface area (Å²) in [4.78, 5) is 52.8. The molecular formula is C39H34F6N4O7. The molecule has 2 atom stereocenters. The maximum atomic E-state index is 14.4. The molecule has 4 aromatic carbocycles. The van der Waals surface area contributed by atoms with Crippen molar-refractivity contribution in [1.29, 1.82) is 0 Å². The Hall–Kier alpha value is -6.52. The Morgan fingerprint density at radius 3 is 2.32 bits per heavy atom. The van der Waals surface area contributed by atoms with Crippen LogP contribution in [0.15, 0.2) is 95.9 Å². The number of halogens is 6. The molecule has 7 rings (SSSR count). The predicted octanol–water partition coefficient (Wildman–Crippen LogP) is 8.51. The van der Waals surface area contributed by atoms with Gasteiger partial charge in [-0.05, 0) is 76.5 Å². The van der Waals surface area contributed by atoms with E-state index >= 15 is 0 Å². The zero-order valence-electron chi connectivity index (χ0n) is 29.8. The van der Waals surface area contributed by atoms with E-state index < -0.39 is 36.4 Å². The van der Waals surface area contributed by atoms with E-state index in [1.807, 2.05) is 32.0 Å². The summed E-state index contributed by atoms with van der Waals surface area (Å²) in [6.07, 6.45) is -9.15. The Balaban J connectivity index is 0.000000784. The van der Waals surface area contributed by atoms with Crippen molar-refractivity contribution in [3.05, 3.63) is 124 Å². The maximum Gasteiger partial charge on any atom is 0.573 e. The van der Waals surface area contributed by atoms with Crippen molar-refractivity contribution >= 4 is 40.1 Å². The standard InChI is InChI=1S/C37H33F3N4O5.C2HF3O2/c1-21-16-24-9-12-28(21)22(2)20-48-36(47)43-26-11-13-29(30-6-4-5-7-32(30)49-37(38,39)40)25(17-26)19-44(3)35(46)33(24)42-27-10-8-23-14-15-41-34(45)31(23)18-27;3-2(4,5)1(6)7/h4-18,22,33,42H,19-20H2,1-3H3,(H,41,45)(H,43,47);(H,6,7)/t22-,33+;/m0./s1. The van der Waals surface area contributed by atoms with E-state index in [1.54, 1.807) is 61.8 Å². The molecule has 4 N–H and O–H groups in total. The molecule has 0 aliphatic carbocycles. The van der Waals surface area contributed by atoms with Crippen molar-refractivity contribution in [3.63, 3.8) is 0 Å². The van der Waals surface area contributed by atoms with Crippen molar-refractivity contribution in [2.75, 3.05) is 24.3 Å². The van der Waals surface area contributed by atoms with Crippen LogP contribution in [-0.4, -0.2) is 59.2 Å². The Kier molecular flexibility index (Phi) is 12.0. The average molecular weight is 785 g/mol. The summed E-state index contributed by atoms with van der Waals surface area (Å²) in [5.41, 5.74) is 4.02. The Labute approximate surface area is 314 Å². The fourth-order valence-corrected chi connectivity index (χ4v) is 6.12. The van der Waals surface area contributed by atoms with Gasteiger partial charge in [0.15, 0.2) is 0 Å². The number of carbonyl (C=O) groups is 3. The summed E-state index contributed by atoms with van der Waals surface area (Å²) in [7, 11) is 1.59. The third kappa shape index (κ3) is 9.96. The number of pyridine rings is 1. The van der Waals surface area contributed by atoms with Crippen LogP contribution in [0.25, 0.3) is 21.9 Å². The lowest BCUT2D eigenvalue weighted by Crippen LogP contribution is -2.35. The van der Waals surface area contributed by atoms with Gasteiger partial charge < -0.3 is 29.8 Å². The number of anilines is 2. The zero-order valence-corrected chi connectivity index (χ0v) is 29.8. The number of aryl methyl sites for hydroxylation is 1. The molecule has 2 aliphatic rings. The number of aliphatic carboxylic acids is 1. The van der Waals surface area contributed by atoms with Gasteiger partial charge in [0.05, 0.1) is 6.61 Å². The SMILES string of the molecule is Cc1cc2ccc1[C@@H](C)COC(=O)Nc1ccc(-c3ccccc3OC(F)(F)F)c(c1)CN(C)C(=O)[C@@H]2Nc1ccc2cc[nH]c(=O)c2c1.O=C(O)C(F)(F)F. The third-order valence-electron chi connectivity index (χ3n) is 8.74. The monoisotopic (exact) mass is 784 g/mol. The summed E-state index contributed by atoms with van der Waals surface area (Å²) in [6.45, 7) is 3.86. The molecule has 0 spiro atoms. The number of fused-ring (bicyclic) bond motifs is 10. The second-order valence-electron chi connectivity index (χ2n) is 12.8. The highest BCUT2D eigenvalue weighted by molar-refractivity contribution is 5.90. The normalized spacial score (nSPS) is 16.3. The van der Waals surface area contributed by atoms with E-state index in [0.717, 1.165) is 16.5 Å². The highest BCUT2D eigenvalue weighted by atomic mass is 19.4. The lowest BCUT2D eigenvalue weighted by Gasteiger charge is -2.28. The van der Waals surface area contributed by atoms with Crippen LogP contribution in [0.3, 0.4) is 0 Å². The molecule has 17 heteroatoms. The number of carbonyl (C=O) groups excluding carboxylic acids is 2. The van der Waals surface area contributed by atoms with Crippen LogP contribution in [0.1, 0.15) is 41.1 Å². The Morgan fingerprint density at radius 1 is 0.929 bits per heavy atom. The van der Waals surface area contributed by atoms with Crippen molar-refractivity contribution in [3.8, 4) is 16.9 Å². The molecule has 0 saturated heterocycles. The van der Waals surface area contributed by atoms with Crippen LogP contribution in [0.4, 0.5) is 42.5 Å². The van der Waals surface area contributed by atoms with Crippen molar-refractivity contribution < 1.29 is 55.3 Å². The summed E-state index contributed by atoms with van der Waals surface area (Å²) < 4.78 is 81.7. The summed E-state index contributed by atoms with van der Waals surface area (Å²) in [5, 5.41) is 14.3. The minimum absolute atomic E-state index is 0.0528. The van der Waals surface area contributed by atoms with E-state index in [1.165, 1.54) is 23.1 Å². The minimum atomic E-state index is -5.08. The average Bonchev–Trinajstić information content (AvgIpc) is 3.12. The van der Waals surface area contributed by atoms with Crippen molar-refractivity contribution in [2.45, 2.75) is 44.9 Å². The van der Waals surface area contributed by atoms with Crippen molar-refractivity contribution in [1.82, 2.24) is 9.88 Å². The number of nitrogens with zero attached hydrogens (tertiary/aromatic N) is 1. The van der Waals surface area contributed by atoms with Gasteiger partial charge in [-0.25, -0.2) is 9.59 Å². The number of para-hydroxylation sites is 1. The number of likely N-dealkylation sites (N-methyl/N-ethyl adjacent to an activating group) is 1. The van der Waals surface area contributed by atoms with E-state index in [2.05, 4.69) is 20.4 Å². The second-order valence-corrected chi connectivity index (χ2v) is 12.8. The minimum Gasteiger partial charge on any atom is -0.475 e. The number of ether oxygens (including phenoxy) is 2. The number of carboxylic acid groups (broad SMARTS) is 1. The molecule has 0 unspecified atom stereocenters. The van der Waals surface area contributed by atoms with Gasteiger partial charge in [0.1, 0.15) is 11.8 Å². The van der Waals surface area contributed by atoms with Crippen LogP contribution >= 0.6 is 0 Å². The molecule has 1 aromatic heterocycles. The molecule has 3 heterocycles. The first-order valence-corrected chi connectivity index (χ1v) is 16.8. The quantitative estimate of drug-likeness (QED) is 0.133. The first-order valence-electron chi connectivity index (χ1n) is 16.8. The summed E-state index contributed by atoms with van der Waals surface area (Å²) in [5.74, 6) is -3.69. The van der Waals surface area contributed by atoms with Crippen LogP contribution in [0.5, 0.6) is 5.75 Å². The summed E-state index contributed by atoms with van der Waals surface area (Å²) >= 11 is 0. The van der Waals surface area contributed by atoms with Gasteiger partial charge in [-0.3, -0.25) is 14.9 Å². The third-order valence-corrected chi connectivity index (χ3v) is 8.74. The predicted molar refractivity (Wildman–Crippen MR) is 194 cm³/mol. The first-order chi connectivity index (χ1) is 26.3. The van der Waals surface area contributed by atoms with Crippen LogP contribution in [0, 0.1) is 6.92 Å². The number of H-pyrrole nitrogens is 1. The van der Waals surface area contributed by atoms with Gasteiger partial charge >= 0.3 is 24.6 Å². The molecule has 0 saturated carbocycles. The fourth-order valence-electron chi connectivity index (χ4n) is 6.12. The fraction of sp³-hybridized carbons (Fsp3) is 0.231. The van der Waals surface area contributed by atoms with Crippen LogP contribution in [-0.2, 0) is 20.9 Å². The number of rotatable bonds is 4. The topological polar surface area (TPSA) is 150 Å². The number of benzene rings is 4. The van der Waals surface area contributed by atoms with Gasteiger partial charge in [0.25, 0.3) is 5.56 Å². The van der Waals surface area contributed by atoms with Crippen LogP contribution in [0.2, 0.25) is 0 Å². The highest BCUT2D eigenvalue weighted by Gasteiger charge is 2.38. The molecule has 0 fully saturated rings. The molecule has 294 valence electrons. The molecule has 11 nitrogen and oxygen atoms in total. The number of nitrogens with one attached hydrogen (secondary N) is 3. The second kappa shape index (κ2) is 16.5. The molecule has 0 radical (unpaired) electrons. The lowest BCUT2D eigenvalue weighted by atomic mass is 9.92. The molecule has 2 amide bonds. The lowest BCUT2D eigenvalue weighted by molar-refractivity contribution is -0.274. The number of hydrogen-bond acceptors (Lipinski definition) is 7. The van der Waals surface area contributed by atoms with Crippen molar-refractivity contribution in [2.24, 2.45) is 0 Å². The van der Waals surface area contributed by atoms with Gasteiger partial charge in [0, 0.05) is 48.0 Å². The Morgan fingerprint density at radius 2 is 1.64 bits per heavy atom. The van der Waals surface area contributed by atoms with Gasteiger partial charge in [-0.15, -0.1) is 13.2 Å². The number of alkyl halides is 6. The molecule has 2 aliphatic heterocycles. The summed E-state index contributed by atoms with van der Waals surface area (Å²) in [6, 6.07) is 22.2. The van der Waals surface area contributed by atoms with E-state index in [0.29, 0.717) is 33.5 Å². The van der Waals surface area contributed by atoms with E-state index in [9.17, 15) is 40.7 Å². The number of carboxylic acids is 1. The molecular weight excluding hydrogens is 750 g/mol. The number of amides is 2. The first kappa shape index (κ1) is 40.7. The van der Waals surface area contributed by atoms with Gasteiger partial charge in [-0.1, -0.05) is 55.5 Å². The number of aromatic amines is 1. The zero-order chi connectivity index (χ0) is 40.9. The molecule has 4 bridgehead atoms. The van der Waals surface area contributed by atoms with Crippen LogP contribution < -0.4 is 20.9 Å².